The molecule has 16 heavy (non-hydrogen) atoms. The van der Waals surface area contributed by atoms with Crippen LogP contribution in [0.3, 0.4) is 0 Å². The van der Waals surface area contributed by atoms with Crippen molar-refractivity contribution >= 4 is 11.8 Å². The van der Waals surface area contributed by atoms with Crippen LogP contribution in [0, 0.1) is 0 Å². The maximum atomic E-state index is 11.4. The molecule has 0 aliphatic heterocycles. The zero-order chi connectivity index (χ0) is 12.1. The molecule has 0 saturated heterocycles. The highest BCUT2D eigenvalue weighted by Crippen LogP contribution is 2.18. The van der Waals surface area contributed by atoms with Crippen molar-refractivity contribution in [3.05, 3.63) is 0 Å². The van der Waals surface area contributed by atoms with Gasteiger partial charge in [0.2, 0.25) is 11.8 Å². The van der Waals surface area contributed by atoms with Crippen LogP contribution in [-0.2, 0) is 9.59 Å². The summed E-state index contributed by atoms with van der Waals surface area (Å²) in [7, 11) is 1.88. The number of carbonyl (C=O) groups excluding carboxylic acids is 2. The lowest BCUT2D eigenvalue weighted by molar-refractivity contribution is -0.126. The van der Waals surface area contributed by atoms with Gasteiger partial charge in [0.15, 0.2) is 0 Å². The number of hydrogen-bond acceptors (Lipinski definition) is 3. The Morgan fingerprint density at radius 2 is 1.94 bits per heavy atom. The Morgan fingerprint density at radius 3 is 2.44 bits per heavy atom. The first-order valence-corrected chi connectivity index (χ1v) is 5.75. The van der Waals surface area contributed by atoms with Gasteiger partial charge in [-0.1, -0.05) is 0 Å². The molecule has 1 rings (SSSR count). The summed E-state index contributed by atoms with van der Waals surface area (Å²) in [5, 5.41) is 5.43. The van der Waals surface area contributed by atoms with Gasteiger partial charge in [-0.25, -0.2) is 0 Å². The smallest absolute Gasteiger partial charge is 0.239 e. The van der Waals surface area contributed by atoms with Crippen LogP contribution >= 0.6 is 0 Å². The topological polar surface area (TPSA) is 61.4 Å². The maximum Gasteiger partial charge on any atom is 0.239 e. The van der Waals surface area contributed by atoms with Crippen molar-refractivity contribution in [2.24, 2.45) is 0 Å². The molecule has 0 radical (unpaired) electrons. The van der Waals surface area contributed by atoms with Crippen molar-refractivity contribution in [1.82, 2.24) is 15.5 Å². The standard InChI is InChI=1S/C11H21N3O2/c1-8(2)14(3)7-11(16)12-6-10(15)13-9-4-5-9/h8-9H,4-7H2,1-3H3,(H,12,16)(H,13,15). The maximum absolute atomic E-state index is 11.4. The van der Waals surface area contributed by atoms with Crippen LogP contribution in [-0.4, -0.2) is 48.9 Å². The Kier molecular flexibility index (Phi) is 4.73. The van der Waals surface area contributed by atoms with Gasteiger partial charge in [0.05, 0.1) is 13.1 Å². The number of rotatable bonds is 6. The molecule has 1 aliphatic carbocycles. The summed E-state index contributed by atoms with van der Waals surface area (Å²) in [6, 6.07) is 0.675. The Hall–Kier alpha value is -1.10. The van der Waals surface area contributed by atoms with Crippen molar-refractivity contribution in [1.29, 1.82) is 0 Å². The molecule has 0 unspecified atom stereocenters. The van der Waals surface area contributed by atoms with Gasteiger partial charge in [-0.2, -0.15) is 0 Å². The van der Waals surface area contributed by atoms with E-state index in [4.69, 9.17) is 0 Å². The van der Waals surface area contributed by atoms with E-state index in [9.17, 15) is 9.59 Å². The van der Waals surface area contributed by atoms with Gasteiger partial charge in [0, 0.05) is 12.1 Å². The molecule has 0 aromatic carbocycles. The van der Waals surface area contributed by atoms with E-state index >= 15 is 0 Å². The van der Waals surface area contributed by atoms with E-state index in [0.717, 1.165) is 12.8 Å². The van der Waals surface area contributed by atoms with E-state index in [2.05, 4.69) is 10.6 Å². The van der Waals surface area contributed by atoms with Crippen LogP contribution in [0.25, 0.3) is 0 Å². The molecule has 1 fully saturated rings. The Labute approximate surface area is 96.6 Å². The molecular formula is C11H21N3O2. The largest absolute Gasteiger partial charge is 0.352 e. The third-order valence-corrected chi connectivity index (χ3v) is 2.66. The summed E-state index contributed by atoms with van der Waals surface area (Å²) in [6.45, 7) is 4.45. The van der Waals surface area contributed by atoms with Gasteiger partial charge < -0.3 is 10.6 Å². The van der Waals surface area contributed by atoms with Gasteiger partial charge in [-0.3, -0.25) is 14.5 Å². The molecule has 0 aromatic rings. The molecule has 0 aromatic heterocycles. The number of hydrogen-bond donors (Lipinski definition) is 2. The normalized spacial score (nSPS) is 15.3. The molecule has 1 aliphatic rings. The fourth-order valence-electron chi connectivity index (χ4n) is 1.15. The summed E-state index contributed by atoms with van der Waals surface area (Å²) < 4.78 is 0. The van der Waals surface area contributed by atoms with E-state index in [0.29, 0.717) is 18.6 Å². The van der Waals surface area contributed by atoms with E-state index in [-0.39, 0.29) is 18.4 Å². The summed E-state index contributed by atoms with van der Waals surface area (Å²) >= 11 is 0. The molecule has 0 heterocycles. The number of likely N-dealkylation sites (N-methyl/N-ethyl adjacent to an activating group) is 1. The van der Waals surface area contributed by atoms with Crippen LogP contribution in [0.2, 0.25) is 0 Å². The third-order valence-electron chi connectivity index (χ3n) is 2.66. The molecule has 1 saturated carbocycles. The summed E-state index contributed by atoms with van der Waals surface area (Å²) in [5.41, 5.74) is 0. The van der Waals surface area contributed by atoms with Crippen molar-refractivity contribution in [3.8, 4) is 0 Å². The molecule has 2 amide bonds. The summed E-state index contributed by atoms with van der Waals surface area (Å²) in [5.74, 6) is -0.204. The second kappa shape index (κ2) is 5.84. The predicted octanol–water partition coefficient (Wildman–Crippen LogP) is -0.279. The number of amides is 2. The second-order valence-electron chi connectivity index (χ2n) is 4.63. The Balaban J connectivity index is 2.11. The van der Waals surface area contributed by atoms with Crippen LogP contribution in [0.15, 0.2) is 0 Å². The van der Waals surface area contributed by atoms with Crippen LogP contribution in [0.5, 0.6) is 0 Å². The highest BCUT2D eigenvalue weighted by atomic mass is 16.2. The minimum Gasteiger partial charge on any atom is -0.352 e. The lowest BCUT2D eigenvalue weighted by atomic mass is 10.3. The highest BCUT2D eigenvalue weighted by molar-refractivity contribution is 5.85. The number of carbonyl (C=O) groups is 2. The van der Waals surface area contributed by atoms with E-state index in [1.165, 1.54) is 0 Å². The second-order valence-corrected chi connectivity index (χ2v) is 4.63. The third kappa shape index (κ3) is 5.11. The first kappa shape index (κ1) is 13.0. The van der Waals surface area contributed by atoms with E-state index < -0.39 is 0 Å². The fraction of sp³-hybridized carbons (Fsp3) is 0.818. The number of nitrogens with one attached hydrogen (secondary N) is 2. The van der Waals surface area contributed by atoms with Gasteiger partial charge >= 0.3 is 0 Å². The average Bonchev–Trinajstić information content (AvgIpc) is 2.98. The first-order valence-electron chi connectivity index (χ1n) is 5.75. The van der Waals surface area contributed by atoms with E-state index in [1.54, 1.807) is 0 Å². The van der Waals surface area contributed by atoms with Crippen LogP contribution in [0.1, 0.15) is 26.7 Å². The van der Waals surface area contributed by atoms with Crippen molar-refractivity contribution in [3.63, 3.8) is 0 Å². The van der Waals surface area contributed by atoms with Crippen molar-refractivity contribution in [2.75, 3.05) is 20.1 Å². The molecule has 0 bridgehead atoms. The summed E-state index contributed by atoms with van der Waals surface area (Å²) in [6.07, 6.45) is 2.13. The van der Waals surface area contributed by atoms with Crippen LogP contribution < -0.4 is 10.6 Å². The molecular weight excluding hydrogens is 206 g/mol. The quantitative estimate of drug-likeness (QED) is 0.656. The Bertz CT molecular complexity index is 262. The number of nitrogens with zero attached hydrogens (tertiary/aromatic N) is 1. The zero-order valence-electron chi connectivity index (χ0n) is 10.2. The lowest BCUT2D eigenvalue weighted by Crippen LogP contribution is -2.43. The summed E-state index contributed by atoms with van der Waals surface area (Å²) in [4.78, 5) is 24.6. The van der Waals surface area contributed by atoms with E-state index in [1.807, 2.05) is 25.8 Å². The van der Waals surface area contributed by atoms with Gasteiger partial charge in [0.1, 0.15) is 0 Å². The molecule has 92 valence electrons. The lowest BCUT2D eigenvalue weighted by Gasteiger charge is -2.19. The Morgan fingerprint density at radius 1 is 1.31 bits per heavy atom. The SMILES string of the molecule is CC(C)N(C)CC(=O)NCC(=O)NC1CC1. The molecule has 5 nitrogen and oxygen atoms in total. The minimum absolute atomic E-state index is 0.0846. The molecule has 2 N–H and O–H groups in total. The molecule has 0 atom stereocenters. The van der Waals surface area contributed by atoms with Gasteiger partial charge in [0.25, 0.3) is 0 Å². The van der Waals surface area contributed by atoms with Gasteiger partial charge in [-0.15, -0.1) is 0 Å². The first-order chi connectivity index (χ1) is 7.49. The van der Waals surface area contributed by atoms with Crippen molar-refractivity contribution in [2.45, 2.75) is 38.8 Å². The highest BCUT2D eigenvalue weighted by Gasteiger charge is 2.23. The predicted molar refractivity (Wildman–Crippen MR) is 61.9 cm³/mol. The zero-order valence-corrected chi connectivity index (χ0v) is 10.2. The molecule has 5 heteroatoms. The van der Waals surface area contributed by atoms with Crippen molar-refractivity contribution < 1.29 is 9.59 Å². The minimum atomic E-state index is -0.109. The average molecular weight is 227 g/mol. The molecule has 0 spiro atoms. The van der Waals surface area contributed by atoms with Crippen LogP contribution in [0.4, 0.5) is 0 Å². The van der Waals surface area contributed by atoms with Gasteiger partial charge in [-0.05, 0) is 33.7 Å². The fourth-order valence-corrected chi connectivity index (χ4v) is 1.15. The monoisotopic (exact) mass is 227 g/mol.